The maximum absolute atomic E-state index is 12.1. The van der Waals surface area contributed by atoms with Crippen molar-refractivity contribution in [3.63, 3.8) is 0 Å². The summed E-state index contributed by atoms with van der Waals surface area (Å²) in [5.74, 6) is 0.110. The van der Waals surface area contributed by atoms with Gasteiger partial charge in [-0.3, -0.25) is 4.79 Å². The van der Waals surface area contributed by atoms with E-state index in [1.54, 1.807) is 0 Å². The summed E-state index contributed by atoms with van der Waals surface area (Å²) in [4.78, 5) is 16.9. The summed E-state index contributed by atoms with van der Waals surface area (Å²) in [7, 11) is 0. The van der Waals surface area contributed by atoms with Crippen LogP contribution in [0.25, 0.3) is 0 Å². The van der Waals surface area contributed by atoms with E-state index in [0.717, 1.165) is 18.5 Å². The minimum Gasteiger partial charge on any atom is -0.356 e. The van der Waals surface area contributed by atoms with Crippen LogP contribution in [0.2, 0.25) is 0 Å². The monoisotopic (exact) mass is 465 g/mol. The van der Waals surface area contributed by atoms with Crippen molar-refractivity contribution in [3.05, 3.63) is 126 Å². The summed E-state index contributed by atoms with van der Waals surface area (Å²) in [5.41, 5.74) is 4.00. The molecule has 35 heavy (non-hydrogen) atoms. The average Bonchev–Trinajstić information content (AvgIpc) is 3.32. The largest absolute Gasteiger partial charge is 0.356 e. The second kappa shape index (κ2) is 10.7. The van der Waals surface area contributed by atoms with Crippen LogP contribution in [0.15, 0.2) is 104 Å². The lowest BCUT2D eigenvalue weighted by atomic mass is 9.77. The molecular formula is C31H35N3O. The van der Waals surface area contributed by atoms with Crippen molar-refractivity contribution in [1.29, 1.82) is 0 Å². The lowest BCUT2D eigenvalue weighted by molar-refractivity contribution is -0.122. The number of aryl methyl sites for hydroxylation is 1. The van der Waals surface area contributed by atoms with Crippen LogP contribution in [-0.2, 0) is 16.8 Å². The number of hydrogen-bond donors (Lipinski definition) is 1. The van der Waals surface area contributed by atoms with Crippen LogP contribution in [0, 0.1) is 5.41 Å². The SMILES string of the molecule is CC(C)(C)CC(=O)NCCCc1cn(C(c2ccccc2)(c2ccccc2)c2ccccc2)cn1. The molecular weight excluding hydrogens is 430 g/mol. The fraction of sp³-hybridized carbons (Fsp3) is 0.290. The van der Waals surface area contributed by atoms with Crippen molar-refractivity contribution >= 4 is 5.91 Å². The summed E-state index contributed by atoms with van der Waals surface area (Å²) < 4.78 is 2.24. The molecule has 4 heteroatoms. The summed E-state index contributed by atoms with van der Waals surface area (Å²) in [6, 6.07) is 31.8. The molecule has 4 nitrogen and oxygen atoms in total. The van der Waals surface area contributed by atoms with E-state index in [9.17, 15) is 4.79 Å². The number of carbonyl (C=O) groups excluding carboxylic acids is 1. The normalized spacial score (nSPS) is 11.9. The lowest BCUT2D eigenvalue weighted by Crippen LogP contribution is -2.36. The number of imidazole rings is 1. The van der Waals surface area contributed by atoms with Gasteiger partial charge in [-0.15, -0.1) is 0 Å². The van der Waals surface area contributed by atoms with Crippen molar-refractivity contribution in [1.82, 2.24) is 14.9 Å². The molecule has 180 valence electrons. The standard InChI is InChI=1S/C31H35N3O/c1-30(2,3)22-29(35)32-21-13-20-28-23-34(24-33-28)31(25-14-7-4-8-15-25,26-16-9-5-10-17-26)27-18-11-6-12-19-27/h4-12,14-19,23-24H,13,20-22H2,1-3H3,(H,32,35). The van der Waals surface area contributed by atoms with Gasteiger partial charge in [0.15, 0.2) is 0 Å². The molecule has 1 aromatic heterocycles. The van der Waals surface area contributed by atoms with E-state index in [2.05, 4.69) is 128 Å². The summed E-state index contributed by atoms with van der Waals surface area (Å²) in [5, 5.41) is 3.05. The van der Waals surface area contributed by atoms with E-state index in [1.807, 2.05) is 6.33 Å². The Labute approximate surface area is 209 Å². The number of aromatic nitrogens is 2. The number of benzene rings is 3. The van der Waals surface area contributed by atoms with E-state index in [-0.39, 0.29) is 11.3 Å². The highest BCUT2D eigenvalue weighted by molar-refractivity contribution is 5.76. The summed E-state index contributed by atoms with van der Waals surface area (Å²) in [6.07, 6.45) is 6.29. The molecule has 1 amide bonds. The summed E-state index contributed by atoms with van der Waals surface area (Å²) >= 11 is 0. The molecule has 0 saturated heterocycles. The van der Waals surface area contributed by atoms with Gasteiger partial charge in [0, 0.05) is 19.2 Å². The Morgan fingerprint density at radius 3 is 1.74 bits per heavy atom. The van der Waals surface area contributed by atoms with Gasteiger partial charge in [0.2, 0.25) is 5.91 Å². The molecule has 0 fully saturated rings. The first-order chi connectivity index (χ1) is 16.9. The molecule has 0 bridgehead atoms. The van der Waals surface area contributed by atoms with E-state index in [4.69, 9.17) is 4.98 Å². The van der Waals surface area contributed by atoms with Crippen molar-refractivity contribution in [2.75, 3.05) is 6.54 Å². The number of hydrogen-bond acceptors (Lipinski definition) is 2. The van der Waals surface area contributed by atoms with E-state index < -0.39 is 5.54 Å². The highest BCUT2D eigenvalue weighted by atomic mass is 16.1. The fourth-order valence-electron chi connectivity index (χ4n) is 4.70. The molecule has 1 N–H and O–H groups in total. The first-order valence-corrected chi connectivity index (χ1v) is 12.4. The molecule has 0 aliphatic rings. The molecule has 0 spiro atoms. The highest BCUT2D eigenvalue weighted by Gasteiger charge is 2.38. The van der Waals surface area contributed by atoms with Gasteiger partial charge in [0.05, 0.1) is 12.0 Å². The number of nitrogens with zero attached hydrogens (tertiary/aromatic N) is 2. The van der Waals surface area contributed by atoms with Crippen LogP contribution < -0.4 is 5.32 Å². The van der Waals surface area contributed by atoms with E-state index in [0.29, 0.717) is 13.0 Å². The van der Waals surface area contributed by atoms with E-state index in [1.165, 1.54) is 16.7 Å². The number of nitrogens with one attached hydrogen (secondary N) is 1. The quantitative estimate of drug-likeness (QED) is 0.236. The van der Waals surface area contributed by atoms with Gasteiger partial charge in [-0.05, 0) is 34.9 Å². The second-order valence-corrected chi connectivity index (χ2v) is 10.3. The summed E-state index contributed by atoms with van der Waals surface area (Å²) in [6.45, 7) is 6.90. The average molecular weight is 466 g/mol. The Kier molecular flexibility index (Phi) is 7.50. The molecule has 0 radical (unpaired) electrons. The Bertz CT molecular complexity index is 1110. The molecule has 0 aliphatic carbocycles. The minimum absolute atomic E-state index is 0.00148. The Morgan fingerprint density at radius 2 is 1.29 bits per heavy atom. The van der Waals surface area contributed by atoms with Gasteiger partial charge < -0.3 is 9.88 Å². The number of carbonyl (C=O) groups is 1. The Balaban J connectivity index is 1.64. The molecule has 4 aromatic rings. The predicted molar refractivity (Wildman–Crippen MR) is 142 cm³/mol. The minimum atomic E-state index is -0.546. The van der Waals surface area contributed by atoms with E-state index >= 15 is 0 Å². The Morgan fingerprint density at radius 1 is 0.800 bits per heavy atom. The maximum atomic E-state index is 12.1. The van der Waals surface area contributed by atoms with Gasteiger partial charge in [-0.2, -0.15) is 0 Å². The zero-order chi connectivity index (χ0) is 24.7. The smallest absolute Gasteiger partial charge is 0.220 e. The van der Waals surface area contributed by atoms with Gasteiger partial charge in [-0.1, -0.05) is 112 Å². The molecule has 1 heterocycles. The lowest BCUT2D eigenvalue weighted by Gasteiger charge is -2.37. The molecule has 0 aliphatic heterocycles. The third-order valence-electron chi connectivity index (χ3n) is 6.22. The van der Waals surface area contributed by atoms with Crippen LogP contribution in [-0.4, -0.2) is 22.0 Å². The second-order valence-electron chi connectivity index (χ2n) is 10.3. The van der Waals surface area contributed by atoms with Gasteiger partial charge >= 0.3 is 0 Å². The molecule has 0 atom stereocenters. The fourth-order valence-corrected chi connectivity index (χ4v) is 4.70. The molecule has 0 saturated carbocycles. The maximum Gasteiger partial charge on any atom is 0.220 e. The van der Waals surface area contributed by atoms with Gasteiger partial charge in [0.25, 0.3) is 0 Å². The topological polar surface area (TPSA) is 46.9 Å². The van der Waals surface area contributed by atoms with Crippen LogP contribution in [0.3, 0.4) is 0 Å². The Hall–Kier alpha value is -3.66. The van der Waals surface area contributed by atoms with Crippen molar-refractivity contribution in [3.8, 4) is 0 Å². The first-order valence-electron chi connectivity index (χ1n) is 12.4. The van der Waals surface area contributed by atoms with Crippen LogP contribution in [0.1, 0.15) is 56.0 Å². The third-order valence-corrected chi connectivity index (χ3v) is 6.22. The van der Waals surface area contributed by atoms with Crippen molar-refractivity contribution in [2.45, 2.75) is 45.6 Å². The zero-order valence-electron chi connectivity index (χ0n) is 20.9. The van der Waals surface area contributed by atoms with Gasteiger partial charge in [0.1, 0.15) is 5.54 Å². The van der Waals surface area contributed by atoms with Crippen molar-refractivity contribution in [2.24, 2.45) is 5.41 Å². The zero-order valence-corrected chi connectivity index (χ0v) is 20.9. The van der Waals surface area contributed by atoms with Crippen molar-refractivity contribution < 1.29 is 4.79 Å². The molecule has 0 unspecified atom stereocenters. The molecule has 3 aromatic carbocycles. The highest BCUT2D eigenvalue weighted by Crippen LogP contribution is 2.40. The van der Waals surface area contributed by atoms with Crippen LogP contribution in [0.4, 0.5) is 0 Å². The number of amides is 1. The first kappa shape index (κ1) is 24.5. The predicted octanol–water partition coefficient (Wildman–Crippen LogP) is 6.21. The third kappa shape index (κ3) is 5.71. The molecule has 4 rings (SSSR count). The van der Waals surface area contributed by atoms with Crippen LogP contribution >= 0.6 is 0 Å². The van der Waals surface area contributed by atoms with Gasteiger partial charge in [-0.25, -0.2) is 4.98 Å². The number of rotatable bonds is 9. The van der Waals surface area contributed by atoms with Crippen LogP contribution in [0.5, 0.6) is 0 Å².